The van der Waals surface area contributed by atoms with Gasteiger partial charge in [-0.15, -0.1) is 0 Å². The maximum absolute atomic E-state index is 10.6. The number of rotatable bonds is 14. The molecule has 0 aliphatic heterocycles. The minimum Gasteiger partial charge on any atom is -0.478 e. The SMILES string of the molecule is CC(C=O)CCCCCCC(CCCC=CC(=O)O)C1CCCCC1. The number of unbranched alkanes of at least 4 members (excludes halogenated alkanes) is 4. The first-order valence-electron chi connectivity index (χ1n) is 10.5. The molecule has 1 fully saturated rings. The van der Waals surface area contributed by atoms with Gasteiger partial charge in [-0.05, 0) is 37.5 Å². The highest BCUT2D eigenvalue weighted by Crippen LogP contribution is 2.35. The van der Waals surface area contributed by atoms with Gasteiger partial charge in [0.2, 0.25) is 0 Å². The van der Waals surface area contributed by atoms with Gasteiger partial charge in [0, 0.05) is 12.0 Å². The minimum absolute atomic E-state index is 0.217. The average Bonchev–Trinajstić information content (AvgIpc) is 2.62. The fourth-order valence-electron chi connectivity index (χ4n) is 4.20. The predicted molar refractivity (Wildman–Crippen MR) is 104 cm³/mol. The Kier molecular flexibility index (Phi) is 12.4. The number of hydrogen-bond acceptors (Lipinski definition) is 2. The lowest BCUT2D eigenvalue weighted by Gasteiger charge is -2.30. The fourth-order valence-corrected chi connectivity index (χ4v) is 4.20. The van der Waals surface area contributed by atoms with Crippen LogP contribution in [0.25, 0.3) is 0 Å². The Balaban J connectivity index is 2.25. The molecule has 1 rings (SSSR count). The number of carboxylic acid groups (broad SMARTS) is 1. The Morgan fingerprint density at radius 2 is 1.64 bits per heavy atom. The third-order valence-electron chi connectivity index (χ3n) is 5.74. The molecular formula is C22H38O3. The molecule has 0 radical (unpaired) electrons. The molecule has 3 heteroatoms. The van der Waals surface area contributed by atoms with Crippen molar-refractivity contribution in [3.63, 3.8) is 0 Å². The summed E-state index contributed by atoms with van der Waals surface area (Å²) in [5.74, 6) is 1.10. The third-order valence-corrected chi connectivity index (χ3v) is 5.74. The number of carbonyl (C=O) groups excluding carboxylic acids is 1. The molecule has 1 saturated carbocycles. The van der Waals surface area contributed by atoms with E-state index in [1.165, 1.54) is 76.7 Å². The van der Waals surface area contributed by atoms with Crippen LogP contribution in [0.5, 0.6) is 0 Å². The number of aldehydes is 1. The van der Waals surface area contributed by atoms with E-state index in [1.54, 1.807) is 6.08 Å². The third kappa shape index (κ3) is 11.2. The first kappa shape index (κ1) is 21.9. The van der Waals surface area contributed by atoms with E-state index in [-0.39, 0.29) is 5.92 Å². The van der Waals surface area contributed by atoms with E-state index in [2.05, 4.69) is 0 Å². The van der Waals surface area contributed by atoms with Crippen LogP contribution >= 0.6 is 0 Å². The summed E-state index contributed by atoms with van der Waals surface area (Å²) in [4.78, 5) is 21.2. The van der Waals surface area contributed by atoms with Crippen LogP contribution in [0.2, 0.25) is 0 Å². The second-order valence-electron chi connectivity index (χ2n) is 7.93. The number of carboxylic acids is 1. The summed E-state index contributed by atoms with van der Waals surface area (Å²) < 4.78 is 0. The van der Waals surface area contributed by atoms with E-state index in [0.29, 0.717) is 0 Å². The van der Waals surface area contributed by atoms with Gasteiger partial charge in [0.25, 0.3) is 0 Å². The standard InChI is InChI=1S/C22H38O3/c1-19(18-23)12-6-2-3-7-13-20(21-14-8-4-9-15-21)16-10-5-11-17-22(24)25/h11,17-21H,2-10,12-16H2,1H3,(H,24,25). The highest BCUT2D eigenvalue weighted by Gasteiger charge is 2.22. The van der Waals surface area contributed by atoms with Gasteiger partial charge >= 0.3 is 5.97 Å². The lowest BCUT2D eigenvalue weighted by atomic mass is 9.75. The molecule has 2 atom stereocenters. The fraction of sp³-hybridized carbons (Fsp3) is 0.818. The summed E-state index contributed by atoms with van der Waals surface area (Å²) in [5.41, 5.74) is 0. The first-order chi connectivity index (χ1) is 12.1. The molecule has 3 nitrogen and oxygen atoms in total. The Morgan fingerprint density at radius 1 is 1.00 bits per heavy atom. The van der Waals surface area contributed by atoms with Crippen LogP contribution in [0.15, 0.2) is 12.2 Å². The zero-order valence-electron chi connectivity index (χ0n) is 16.1. The Labute approximate surface area is 154 Å². The smallest absolute Gasteiger partial charge is 0.327 e. The molecular weight excluding hydrogens is 312 g/mol. The quantitative estimate of drug-likeness (QED) is 0.231. The van der Waals surface area contributed by atoms with Gasteiger partial charge in [0.1, 0.15) is 6.29 Å². The van der Waals surface area contributed by atoms with E-state index in [0.717, 1.165) is 37.4 Å². The van der Waals surface area contributed by atoms with Crippen LogP contribution in [0.1, 0.15) is 96.8 Å². The molecule has 0 aromatic rings. The van der Waals surface area contributed by atoms with Crippen molar-refractivity contribution in [2.24, 2.45) is 17.8 Å². The van der Waals surface area contributed by atoms with Crippen LogP contribution in [0.3, 0.4) is 0 Å². The topological polar surface area (TPSA) is 54.4 Å². The molecule has 1 aliphatic rings. The van der Waals surface area contributed by atoms with Gasteiger partial charge < -0.3 is 9.90 Å². The summed E-state index contributed by atoms with van der Waals surface area (Å²) in [5, 5.41) is 8.66. The van der Waals surface area contributed by atoms with E-state index in [1.807, 2.05) is 6.92 Å². The molecule has 0 aromatic carbocycles. The summed E-state index contributed by atoms with van der Waals surface area (Å²) in [7, 11) is 0. The number of aliphatic carboxylic acids is 1. The molecule has 25 heavy (non-hydrogen) atoms. The second kappa shape index (κ2) is 14.1. The van der Waals surface area contributed by atoms with Crippen LogP contribution in [-0.2, 0) is 9.59 Å². The van der Waals surface area contributed by atoms with Crippen molar-refractivity contribution in [3.05, 3.63) is 12.2 Å². The first-order valence-corrected chi connectivity index (χ1v) is 10.5. The lowest BCUT2D eigenvalue weighted by Crippen LogP contribution is -2.18. The largest absolute Gasteiger partial charge is 0.478 e. The minimum atomic E-state index is -0.840. The average molecular weight is 351 g/mol. The summed E-state index contributed by atoms with van der Waals surface area (Å²) in [6, 6.07) is 0. The van der Waals surface area contributed by atoms with Crippen molar-refractivity contribution < 1.29 is 14.7 Å². The van der Waals surface area contributed by atoms with Crippen LogP contribution in [-0.4, -0.2) is 17.4 Å². The number of carbonyl (C=O) groups is 2. The van der Waals surface area contributed by atoms with Crippen LogP contribution < -0.4 is 0 Å². The Morgan fingerprint density at radius 3 is 2.28 bits per heavy atom. The number of hydrogen-bond donors (Lipinski definition) is 1. The molecule has 1 aliphatic carbocycles. The maximum Gasteiger partial charge on any atom is 0.327 e. The van der Waals surface area contributed by atoms with Gasteiger partial charge in [-0.2, -0.15) is 0 Å². The van der Waals surface area contributed by atoms with Gasteiger partial charge in [-0.3, -0.25) is 0 Å². The van der Waals surface area contributed by atoms with Gasteiger partial charge in [0.15, 0.2) is 0 Å². The van der Waals surface area contributed by atoms with Gasteiger partial charge in [-0.25, -0.2) is 4.79 Å². The normalized spacial score (nSPS) is 18.3. The number of allylic oxidation sites excluding steroid dienone is 1. The van der Waals surface area contributed by atoms with Gasteiger partial charge in [0.05, 0.1) is 0 Å². The van der Waals surface area contributed by atoms with E-state index in [9.17, 15) is 9.59 Å². The van der Waals surface area contributed by atoms with Crippen molar-refractivity contribution >= 4 is 12.3 Å². The van der Waals surface area contributed by atoms with E-state index in [4.69, 9.17) is 5.11 Å². The molecule has 144 valence electrons. The summed E-state index contributed by atoms with van der Waals surface area (Å²) in [6.07, 6.45) is 21.7. The zero-order chi connectivity index (χ0) is 18.3. The van der Waals surface area contributed by atoms with Crippen molar-refractivity contribution in [1.82, 2.24) is 0 Å². The van der Waals surface area contributed by atoms with Crippen molar-refractivity contribution in [1.29, 1.82) is 0 Å². The Hall–Kier alpha value is -1.12. The van der Waals surface area contributed by atoms with Crippen molar-refractivity contribution in [2.75, 3.05) is 0 Å². The molecule has 0 saturated heterocycles. The molecule has 2 unspecified atom stereocenters. The molecule has 0 bridgehead atoms. The maximum atomic E-state index is 10.6. The molecule has 0 heterocycles. The highest BCUT2D eigenvalue weighted by atomic mass is 16.4. The lowest BCUT2D eigenvalue weighted by molar-refractivity contribution is -0.131. The molecule has 0 aromatic heterocycles. The van der Waals surface area contributed by atoms with E-state index >= 15 is 0 Å². The monoisotopic (exact) mass is 350 g/mol. The van der Waals surface area contributed by atoms with E-state index < -0.39 is 5.97 Å². The van der Waals surface area contributed by atoms with Crippen molar-refractivity contribution in [2.45, 2.75) is 96.8 Å². The van der Waals surface area contributed by atoms with Gasteiger partial charge in [-0.1, -0.05) is 77.2 Å². The zero-order valence-corrected chi connectivity index (χ0v) is 16.1. The van der Waals surface area contributed by atoms with Crippen LogP contribution in [0.4, 0.5) is 0 Å². The highest BCUT2D eigenvalue weighted by molar-refractivity contribution is 5.79. The van der Waals surface area contributed by atoms with Crippen LogP contribution in [0, 0.1) is 17.8 Å². The predicted octanol–water partition coefficient (Wildman–Crippen LogP) is 6.17. The summed E-state index contributed by atoms with van der Waals surface area (Å²) >= 11 is 0. The van der Waals surface area contributed by atoms with Crippen molar-refractivity contribution in [3.8, 4) is 0 Å². The Bertz CT molecular complexity index is 383. The molecule has 0 amide bonds. The second-order valence-corrected chi connectivity index (χ2v) is 7.93. The molecule has 1 N–H and O–H groups in total. The molecule has 0 spiro atoms. The summed E-state index contributed by atoms with van der Waals surface area (Å²) in [6.45, 7) is 2.00.